The van der Waals surface area contributed by atoms with Crippen LogP contribution >= 0.6 is 27.3 Å². The molecule has 1 atom stereocenters. The second-order valence-corrected chi connectivity index (χ2v) is 6.94. The molecule has 6 nitrogen and oxygen atoms in total. The zero-order valence-corrected chi connectivity index (χ0v) is 13.9. The Bertz CT molecular complexity index is 484. The van der Waals surface area contributed by atoms with Crippen molar-refractivity contribution in [3.8, 4) is 0 Å². The summed E-state index contributed by atoms with van der Waals surface area (Å²) in [6.45, 7) is 5.23. The average molecular weight is 365 g/mol. The maximum Gasteiger partial charge on any atom is 0.407 e. The van der Waals surface area contributed by atoms with E-state index in [1.165, 1.54) is 11.3 Å². The number of ether oxygens (including phenoxy) is 1. The summed E-state index contributed by atoms with van der Waals surface area (Å²) < 4.78 is 5.74. The van der Waals surface area contributed by atoms with Gasteiger partial charge in [0.25, 0.3) is 0 Å². The summed E-state index contributed by atoms with van der Waals surface area (Å²) in [4.78, 5) is 26.8. The second kappa shape index (κ2) is 7.03. The van der Waals surface area contributed by atoms with Crippen LogP contribution in [0.3, 0.4) is 0 Å². The number of nitrogens with one attached hydrogen (secondary N) is 1. The quantitative estimate of drug-likeness (QED) is 0.838. The molecular formula is C12H17BrN2O4S. The number of aromatic nitrogens is 1. The number of carboxylic acids is 1. The van der Waals surface area contributed by atoms with Gasteiger partial charge in [0.1, 0.15) is 10.2 Å². The lowest BCUT2D eigenvalue weighted by Gasteiger charge is -2.20. The van der Waals surface area contributed by atoms with Gasteiger partial charge in [0, 0.05) is 18.3 Å². The smallest absolute Gasteiger partial charge is 0.407 e. The van der Waals surface area contributed by atoms with E-state index in [2.05, 4.69) is 26.2 Å². The van der Waals surface area contributed by atoms with Crippen LogP contribution in [0.25, 0.3) is 0 Å². The SMILES string of the molecule is CC(C)(C)OC(=O)NCC(Cc1nc(Br)cs1)C(=O)O. The standard InChI is InChI=1S/C12H17BrN2O4S/c1-12(2,3)19-11(18)14-5-7(10(16)17)4-9-15-8(13)6-20-9/h6-7H,4-5H2,1-3H3,(H,14,18)(H,16,17). The highest BCUT2D eigenvalue weighted by Gasteiger charge is 2.22. The van der Waals surface area contributed by atoms with Gasteiger partial charge < -0.3 is 15.2 Å². The monoisotopic (exact) mass is 364 g/mol. The number of hydrogen-bond donors (Lipinski definition) is 2. The lowest BCUT2D eigenvalue weighted by atomic mass is 10.1. The van der Waals surface area contributed by atoms with Crippen molar-refractivity contribution in [2.24, 2.45) is 5.92 Å². The molecule has 0 fully saturated rings. The third-order valence-electron chi connectivity index (χ3n) is 2.19. The number of hydrogen-bond acceptors (Lipinski definition) is 5. The summed E-state index contributed by atoms with van der Waals surface area (Å²) >= 11 is 4.59. The first-order valence-corrected chi connectivity index (χ1v) is 7.64. The van der Waals surface area contributed by atoms with E-state index in [-0.39, 0.29) is 13.0 Å². The fourth-order valence-corrected chi connectivity index (χ4v) is 2.71. The molecule has 8 heteroatoms. The summed E-state index contributed by atoms with van der Waals surface area (Å²) in [5.41, 5.74) is -0.608. The fraction of sp³-hybridized carbons (Fsp3) is 0.583. The van der Waals surface area contributed by atoms with Crippen LogP contribution in [0.5, 0.6) is 0 Å². The molecule has 1 rings (SSSR count). The summed E-state index contributed by atoms with van der Waals surface area (Å²) in [7, 11) is 0. The van der Waals surface area contributed by atoms with Crippen molar-refractivity contribution in [1.29, 1.82) is 0 Å². The number of thiazole rings is 1. The van der Waals surface area contributed by atoms with E-state index in [4.69, 9.17) is 9.84 Å². The number of alkyl carbamates (subject to hydrolysis) is 1. The van der Waals surface area contributed by atoms with Crippen LogP contribution in [0.2, 0.25) is 0 Å². The zero-order valence-electron chi connectivity index (χ0n) is 11.5. The molecule has 0 saturated heterocycles. The van der Waals surface area contributed by atoms with E-state index in [0.717, 1.165) is 0 Å². The van der Waals surface area contributed by atoms with Gasteiger partial charge in [0.15, 0.2) is 0 Å². The molecule has 1 amide bonds. The maximum atomic E-state index is 11.5. The van der Waals surface area contributed by atoms with Gasteiger partial charge in [0.05, 0.1) is 10.9 Å². The van der Waals surface area contributed by atoms with Crippen LogP contribution in [0.1, 0.15) is 25.8 Å². The van der Waals surface area contributed by atoms with Gasteiger partial charge in [-0.2, -0.15) is 0 Å². The van der Waals surface area contributed by atoms with Gasteiger partial charge in [0.2, 0.25) is 0 Å². The Morgan fingerprint density at radius 3 is 2.65 bits per heavy atom. The Kier molecular flexibility index (Phi) is 5.94. The van der Waals surface area contributed by atoms with E-state index in [9.17, 15) is 9.59 Å². The first-order valence-electron chi connectivity index (χ1n) is 5.97. The molecule has 0 aliphatic carbocycles. The van der Waals surface area contributed by atoms with Crippen molar-refractivity contribution in [2.45, 2.75) is 32.8 Å². The van der Waals surface area contributed by atoms with Crippen LogP contribution < -0.4 is 5.32 Å². The number of halogens is 1. The van der Waals surface area contributed by atoms with Crippen LogP contribution in [-0.4, -0.2) is 34.3 Å². The molecule has 0 spiro atoms. The molecule has 20 heavy (non-hydrogen) atoms. The van der Waals surface area contributed by atoms with Crippen LogP contribution in [0.4, 0.5) is 4.79 Å². The highest BCUT2D eigenvalue weighted by molar-refractivity contribution is 9.10. The molecular weight excluding hydrogens is 348 g/mol. The molecule has 0 saturated carbocycles. The van der Waals surface area contributed by atoms with E-state index in [1.807, 2.05) is 0 Å². The van der Waals surface area contributed by atoms with Crippen molar-refractivity contribution in [3.05, 3.63) is 15.0 Å². The number of amides is 1. The lowest BCUT2D eigenvalue weighted by Crippen LogP contribution is -2.37. The largest absolute Gasteiger partial charge is 0.481 e. The molecule has 0 aliphatic heterocycles. The van der Waals surface area contributed by atoms with E-state index >= 15 is 0 Å². The number of nitrogens with zero attached hydrogens (tertiary/aromatic N) is 1. The topological polar surface area (TPSA) is 88.5 Å². The van der Waals surface area contributed by atoms with Crippen molar-refractivity contribution >= 4 is 39.3 Å². The summed E-state index contributed by atoms with van der Waals surface area (Å²) in [6, 6.07) is 0. The van der Waals surface area contributed by atoms with Crippen molar-refractivity contribution in [3.63, 3.8) is 0 Å². The fourth-order valence-electron chi connectivity index (χ4n) is 1.36. The summed E-state index contributed by atoms with van der Waals surface area (Å²) in [5, 5.41) is 14.1. The number of rotatable bonds is 5. The minimum absolute atomic E-state index is 0.00143. The van der Waals surface area contributed by atoms with Gasteiger partial charge in [-0.1, -0.05) is 0 Å². The Morgan fingerprint density at radius 2 is 2.20 bits per heavy atom. The third kappa shape index (κ3) is 6.33. The van der Waals surface area contributed by atoms with Crippen molar-refractivity contribution < 1.29 is 19.4 Å². The number of carboxylic acid groups (broad SMARTS) is 1. The molecule has 0 bridgehead atoms. The average Bonchev–Trinajstić information content (AvgIpc) is 2.67. The van der Waals surface area contributed by atoms with Crippen molar-refractivity contribution in [2.75, 3.05) is 6.54 Å². The van der Waals surface area contributed by atoms with E-state index < -0.39 is 23.6 Å². The Labute approximate surface area is 129 Å². The summed E-state index contributed by atoms with van der Waals surface area (Å²) in [5.74, 6) is -1.71. The molecule has 2 N–H and O–H groups in total. The molecule has 0 aliphatic rings. The van der Waals surface area contributed by atoms with E-state index in [1.54, 1.807) is 26.2 Å². The Morgan fingerprint density at radius 1 is 1.55 bits per heavy atom. The van der Waals surface area contributed by atoms with Gasteiger partial charge >= 0.3 is 12.1 Å². The van der Waals surface area contributed by atoms with Gasteiger partial charge in [-0.15, -0.1) is 11.3 Å². The normalized spacial score (nSPS) is 12.8. The highest BCUT2D eigenvalue weighted by Crippen LogP contribution is 2.18. The minimum Gasteiger partial charge on any atom is -0.481 e. The van der Waals surface area contributed by atoms with Gasteiger partial charge in [-0.25, -0.2) is 9.78 Å². The first-order chi connectivity index (χ1) is 9.17. The minimum atomic E-state index is -0.979. The molecule has 1 unspecified atom stereocenters. The number of carbonyl (C=O) groups is 2. The molecule has 0 aromatic carbocycles. The zero-order chi connectivity index (χ0) is 15.3. The molecule has 1 aromatic rings. The van der Waals surface area contributed by atoms with Crippen LogP contribution in [0, 0.1) is 5.92 Å². The molecule has 1 heterocycles. The van der Waals surface area contributed by atoms with Crippen molar-refractivity contribution in [1.82, 2.24) is 10.3 Å². The second-order valence-electron chi connectivity index (χ2n) is 5.19. The lowest BCUT2D eigenvalue weighted by molar-refractivity contribution is -0.141. The van der Waals surface area contributed by atoms with Crippen LogP contribution in [0.15, 0.2) is 9.98 Å². The Balaban J connectivity index is 2.52. The number of aliphatic carboxylic acids is 1. The molecule has 1 aromatic heterocycles. The number of carbonyl (C=O) groups excluding carboxylic acids is 1. The highest BCUT2D eigenvalue weighted by atomic mass is 79.9. The van der Waals surface area contributed by atoms with Gasteiger partial charge in [-0.3, -0.25) is 4.79 Å². The third-order valence-corrected chi connectivity index (χ3v) is 3.77. The first kappa shape index (κ1) is 16.9. The Hall–Kier alpha value is -1.15. The predicted octanol–water partition coefficient (Wildman–Crippen LogP) is 2.67. The van der Waals surface area contributed by atoms with E-state index in [0.29, 0.717) is 9.61 Å². The molecule has 0 radical (unpaired) electrons. The predicted molar refractivity (Wildman–Crippen MR) is 78.9 cm³/mol. The molecule has 112 valence electrons. The van der Waals surface area contributed by atoms with Gasteiger partial charge in [-0.05, 0) is 36.7 Å². The maximum absolute atomic E-state index is 11.5. The van der Waals surface area contributed by atoms with Crippen LogP contribution in [-0.2, 0) is 16.0 Å². The summed E-state index contributed by atoms with van der Waals surface area (Å²) in [6.07, 6.45) is -0.356.